The minimum Gasteiger partial charge on any atom is -0.354 e. The molecule has 0 aliphatic carbocycles. The number of carbonyl (C=O) groups is 1. The molecule has 1 amide bonds. The van der Waals surface area contributed by atoms with Crippen molar-refractivity contribution >= 4 is 5.91 Å². The number of nitrogens with one attached hydrogen (secondary N) is 1. The summed E-state index contributed by atoms with van der Waals surface area (Å²) in [5.41, 5.74) is 1.31. The molecule has 0 spiro atoms. The average molecular weight is 299 g/mol. The third-order valence-corrected chi connectivity index (χ3v) is 3.80. The second-order valence-electron chi connectivity index (χ2n) is 5.90. The van der Waals surface area contributed by atoms with Gasteiger partial charge in [0.25, 0.3) is 0 Å². The van der Waals surface area contributed by atoms with Gasteiger partial charge in [-0.25, -0.2) is 4.98 Å². The fourth-order valence-electron chi connectivity index (χ4n) is 2.52. The number of amides is 1. The summed E-state index contributed by atoms with van der Waals surface area (Å²) in [6, 6.07) is 10.1. The Hall–Kier alpha value is -2.10. The number of nitrogens with zero attached hydrogens (tertiary/aromatic N) is 2. The third kappa shape index (κ3) is 4.20. The Bertz CT molecular complexity index is 589. The van der Waals surface area contributed by atoms with Crippen LogP contribution in [0, 0.1) is 0 Å². The first-order valence-corrected chi connectivity index (χ1v) is 7.94. The zero-order valence-corrected chi connectivity index (χ0v) is 13.6. The predicted octanol–water partition coefficient (Wildman–Crippen LogP) is 3.32. The molecular formula is C18H25N3O. The Labute approximate surface area is 132 Å². The van der Waals surface area contributed by atoms with Crippen molar-refractivity contribution < 1.29 is 4.79 Å². The van der Waals surface area contributed by atoms with Gasteiger partial charge in [0.2, 0.25) is 5.91 Å². The highest BCUT2D eigenvalue weighted by atomic mass is 16.2. The lowest BCUT2D eigenvalue weighted by Crippen LogP contribution is -2.32. The molecule has 1 aromatic carbocycles. The smallest absolute Gasteiger partial charge is 0.242 e. The maximum absolute atomic E-state index is 12.3. The van der Waals surface area contributed by atoms with E-state index in [0.29, 0.717) is 12.5 Å². The molecule has 0 aliphatic rings. The van der Waals surface area contributed by atoms with Crippen LogP contribution in [0.15, 0.2) is 42.7 Å². The van der Waals surface area contributed by atoms with Crippen LogP contribution in [-0.4, -0.2) is 22.0 Å². The van der Waals surface area contributed by atoms with Gasteiger partial charge < -0.3 is 9.88 Å². The molecule has 0 unspecified atom stereocenters. The number of hydrogen-bond acceptors (Lipinski definition) is 2. The molecule has 0 saturated heterocycles. The lowest BCUT2D eigenvalue weighted by molar-refractivity contribution is -0.123. The van der Waals surface area contributed by atoms with Crippen LogP contribution in [0.5, 0.6) is 0 Å². The Morgan fingerprint density at radius 3 is 2.64 bits per heavy atom. The van der Waals surface area contributed by atoms with E-state index in [2.05, 4.69) is 36.3 Å². The number of carbonyl (C=O) groups excluding carboxylic acids is 1. The standard InChI is InChI=1S/C18H25N3O/c1-14(2)17-19-12-13-21(17)15(3)18(22)20-11-7-10-16-8-5-4-6-9-16/h4-6,8-9,12-15H,7,10-11H2,1-3H3,(H,20,22)/t15-/m1/s1. The summed E-state index contributed by atoms with van der Waals surface area (Å²) < 4.78 is 1.96. The van der Waals surface area contributed by atoms with Crippen molar-refractivity contribution in [3.8, 4) is 0 Å². The number of benzene rings is 1. The fourth-order valence-corrected chi connectivity index (χ4v) is 2.52. The van der Waals surface area contributed by atoms with Gasteiger partial charge in [0.15, 0.2) is 0 Å². The van der Waals surface area contributed by atoms with E-state index >= 15 is 0 Å². The quantitative estimate of drug-likeness (QED) is 0.797. The van der Waals surface area contributed by atoms with Crippen LogP contribution in [0.4, 0.5) is 0 Å². The molecule has 0 bridgehead atoms. The van der Waals surface area contributed by atoms with Crippen LogP contribution >= 0.6 is 0 Å². The van der Waals surface area contributed by atoms with E-state index in [4.69, 9.17) is 0 Å². The Morgan fingerprint density at radius 2 is 1.95 bits per heavy atom. The van der Waals surface area contributed by atoms with Crippen molar-refractivity contribution in [3.05, 3.63) is 54.1 Å². The summed E-state index contributed by atoms with van der Waals surface area (Å²) in [5, 5.41) is 3.02. The van der Waals surface area contributed by atoms with E-state index in [0.717, 1.165) is 18.7 Å². The summed E-state index contributed by atoms with van der Waals surface area (Å²) in [6.45, 7) is 6.79. The highest BCUT2D eigenvalue weighted by Gasteiger charge is 2.18. The molecule has 2 aromatic rings. The molecule has 0 radical (unpaired) electrons. The van der Waals surface area contributed by atoms with Gasteiger partial charge in [-0.2, -0.15) is 0 Å². The second kappa shape index (κ2) is 7.78. The molecular weight excluding hydrogens is 274 g/mol. The average Bonchev–Trinajstić information content (AvgIpc) is 3.01. The van der Waals surface area contributed by atoms with E-state index in [1.165, 1.54) is 5.56 Å². The van der Waals surface area contributed by atoms with Crippen molar-refractivity contribution in [2.45, 2.75) is 45.6 Å². The number of aromatic nitrogens is 2. The van der Waals surface area contributed by atoms with Crippen LogP contribution in [0.3, 0.4) is 0 Å². The monoisotopic (exact) mass is 299 g/mol. The van der Waals surface area contributed by atoms with Crippen molar-refractivity contribution in [1.29, 1.82) is 0 Å². The minimum absolute atomic E-state index is 0.0490. The molecule has 2 rings (SSSR count). The van der Waals surface area contributed by atoms with Gasteiger partial charge in [0.05, 0.1) is 0 Å². The summed E-state index contributed by atoms with van der Waals surface area (Å²) in [4.78, 5) is 16.6. The highest BCUT2D eigenvalue weighted by molar-refractivity contribution is 5.79. The molecule has 0 aliphatic heterocycles. The van der Waals surface area contributed by atoms with Gasteiger partial charge in [-0.1, -0.05) is 44.2 Å². The maximum atomic E-state index is 12.3. The van der Waals surface area contributed by atoms with Crippen molar-refractivity contribution in [2.24, 2.45) is 0 Å². The second-order valence-corrected chi connectivity index (χ2v) is 5.90. The molecule has 0 saturated carbocycles. The number of imidazole rings is 1. The third-order valence-electron chi connectivity index (χ3n) is 3.80. The van der Waals surface area contributed by atoms with E-state index in [-0.39, 0.29) is 11.9 Å². The Morgan fingerprint density at radius 1 is 1.23 bits per heavy atom. The minimum atomic E-state index is -0.225. The highest BCUT2D eigenvalue weighted by Crippen LogP contribution is 2.17. The lowest BCUT2D eigenvalue weighted by Gasteiger charge is -2.17. The topological polar surface area (TPSA) is 46.9 Å². The lowest BCUT2D eigenvalue weighted by atomic mass is 10.1. The summed E-state index contributed by atoms with van der Waals surface area (Å²) in [5.74, 6) is 1.31. The molecule has 0 fully saturated rings. The Balaban J connectivity index is 1.80. The van der Waals surface area contributed by atoms with Gasteiger partial charge in [0.1, 0.15) is 11.9 Å². The van der Waals surface area contributed by atoms with Crippen LogP contribution in [0.25, 0.3) is 0 Å². The molecule has 4 heteroatoms. The van der Waals surface area contributed by atoms with Gasteiger partial charge in [0, 0.05) is 24.9 Å². The van der Waals surface area contributed by atoms with Crippen LogP contribution in [0.1, 0.15) is 50.5 Å². The van der Waals surface area contributed by atoms with Crippen molar-refractivity contribution in [3.63, 3.8) is 0 Å². The Kier molecular flexibility index (Phi) is 5.75. The number of hydrogen-bond donors (Lipinski definition) is 1. The zero-order chi connectivity index (χ0) is 15.9. The SMILES string of the molecule is CC(C)c1nccn1[C@H](C)C(=O)NCCCc1ccccc1. The molecule has 1 aromatic heterocycles. The van der Waals surface area contributed by atoms with E-state index < -0.39 is 0 Å². The van der Waals surface area contributed by atoms with Crippen LogP contribution < -0.4 is 5.32 Å². The van der Waals surface area contributed by atoms with Crippen molar-refractivity contribution in [1.82, 2.24) is 14.9 Å². The first kappa shape index (κ1) is 16.3. The van der Waals surface area contributed by atoms with Gasteiger partial charge in [-0.15, -0.1) is 0 Å². The van der Waals surface area contributed by atoms with Gasteiger partial charge >= 0.3 is 0 Å². The molecule has 1 N–H and O–H groups in total. The molecule has 22 heavy (non-hydrogen) atoms. The predicted molar refractivity (Wildman–Crippen MR) is 88.8 cm³/mol. The molecule has 118 valence electrons. The normalized spacial score (nSPS) is 12.4. The van der Waals surface area contributed by atoms with E-state index in [9.17, 15) is 4.79 Å². The zero-order valence-electron chi connectivity index (χ0n) is 13.6. The number of rotatable bonds is 7. The number of aryl methyl sites for hydroxylation is 1. The van der Waals surface area contributed by atoms with Crippen LogP contribution in [-0.2, 0) is 11.2 Å². The van der Waals surface area contributed by atoms with Crippen LogP contribution in [0.2, 0.25) is 0 Å². The first-order chi connectivity index (χ1) is 10.6. The van der Waals surface area contributed by atoms with E-state index in [1.54, 1.807) is 6.20 Å². The first-order valence-electron chi connectivity index (χ1n) is 7.94. The van der Waals surface area contributed by atoms with Gasteiger partial charge in [-0.3, -0.25) is 4.79 Å². The van der Waals surface area contributed by atoms with Crippen molar-refractivity contribution in [2.75, 3.05) is 6.54 Å². The fraction of sp³-hybridized carbons (Fsp3) is 0.444. The summed E-state index contributed by atoms with van der Waals surface area (Å²) in [7, 11) is 0. The molecule has 1 atom stereocenters. The summed E-state index contributed by atoms with van der Waals surface area (Å²) in [6.07, 6.45) is 5.57. The van der Waals surface area contributed by atoms with E-state index in [1.807, 2.05) is 35.9 Å². The largest absolute Gasteiger partial charge is 0.354 e. The van der Waals surface area contributed by atoms with Gasteiger partial charge in [-0.05, 0) is 25.3 Å². The summed E-state index contributed by atoms with van der Waals surface area (Å²) >= 11 is 0. The maximum Gasteiger partial charge on any atom is 0.242 e. The molecule has 4 nitrogen and oxygen atoms in total. The molecule has 1 heterocycles.